The summed E-state index contributed by atoms with van der Waals surface area (Å²) in [5.74, 6) is -0.615. The topological polar surface area (TPSA) is 63.6 Å². The van der Waals surface area contributed by atoms with Crippen molar-refractivity contribution < 1.29 is 19.4 Å². The van der Waals surface area contributed by atoms with Crippen LogP contribution in [0, 0.1) is 0 Å². The van der Waals surface area contributed by atoms with Crippen LogP contribution in [0.4, 0.5) is 0 Å². The average Bonchev–Trinajstić information content (AvgIpc) is 2.15. The second-order valence-electron chi connectivity index (χ2n) is 2.48. The molecule has 0 fully saturated rings. The maximum Gasteiger partial charge on any atom is 0.341 e. The molecule has 0 bridgehead atoms. The molecule has 0 saturated heterocycles. The first-order chi connectivity index (χ1) is 6.59. The number of hydrogen-bond acceptors (Lipinski definition) is 3. The third kappa shape index (κ3) is 3.18. The van der Waals surface area contributed by atoms with Gasteiger partial charge in [-0.2, -0.15) is 0 Å². The van der Waals surface area contributed by atoms with Crippen LogP contribution in [0.15, 0.2) is 24.3 Å². The van der Waals surface area contributed by atoms with Gasteiger partial charge in [0.15, 0.2) is 6.61 Å². The molecule has 0 saturated carbocycles. The molecule has 0 atom stereocenters. The van der Waals surface area contributed by atoms with Gasteiger partial charge in [0.05, 0.1) is 0 Å². The number of hydrogen-bond donors (Lipinski definition) is 1. The van der Waals surface area contributed by atoms with Gasteiger partial charge in [-0.15, -0.1) is 0 Å². The molecular weight excluding hydrogens is 252 g/mol. The molecule has 0 unspecified atom stereocenters. The summed E-state index contributed by atoms with van der Waals surface area (Å²) in [6, 6.07) is 6.18. The van der Waals surface area contributed by atoms with E-state index in [0.717, 1.165) is 0 Å². The summed E-state index contributed by atoms with van der Waals surface area (Å²) in [6.45, 7) is -0.387. The first-order valence-corrected chi connectivity index (χ1v) is 4.53. The molecule has 14 heavy (non-hydrogen) atoms. The Morgan fingerprint density at radius 2 is 1.86 bits per heavy atom. The van der Waals surface area contributed by atoms with Crippen LogP contribution < -0.4 is 4.74 Å². The maximum absolute atomic E-state index is 10.8. The fraction of sp³-hybridized carbons (Fsp3) is 0.111. The Labute approximate surface area is 88.6 Å². The van der Waals surface area contributed by atoms with E-state index in [1.165, 1.54) is 12.1 Å². The van der Waals surface area contributed by atoms with Gasteiger partial charge in [-0.25, -0.2) is 4.79 Å². The Hall–Kier alpha value is -1.36. The van der Waals surface area contributed by atoms with Crippen LogP contribution in [-0.2, 0) is 4.79 Å². The van der Waals surface area contributed by atoms with Crippen LogP contribution in [0.1, 0.15) is 10.4 Å². The van der Waals surface area contributed by atoms with Gasteiger partial charge in [-0.1, -0.05) is 0 Å². The highest BCUT2D eigenvalue weighted by Gasteiger charge is 2.02. The molecular formula is C9H7BrO4. The number of rotatable bonds is 4. The SMILES string of the molecule is O=C(O)COc1ccc(C(=O)Br)cc1. The maximum atomic E-state index is 10.8. The quantitative estimate of drug-likeness (QED) is 0.835. The lowest BCUT2D eigenvalue weighted by atomic mass is 10.2. The van der Waals surface area contributed by atoms with Gasteiger partial charge >= 0.3 is 5.97 Å². The van der Waals surface area contributed by atoms with Crippen LogP contribution in [0.2, 0.25) is 0 Å². The predicted octanol–water partition coefficient (Wildman–Crippen LogP) is 1.69. The summed E-state index contributed by atoms with van der Waals surface area (Å²) in [5, 5.41) is 8.33. The normalized spacial score (nSPS) is 9.50. The van der Waals surface area contributed by atoms with E-state index in [1.807, 2.05) is 0 Å². The Kier molecular flexibility index (Phi) is 3.64. The van der Waals surface area contributed by atoms with Crippen LogP contribution in [0.3, 0.4) is 0 Å². The molecule has 0 aliphatic heterocycles. The summed E-state index contributed by atoms with van der Waals surface area (Å²) in [5.41, 5.74) is 0.493. The van der Waals surface area contributed by atoms with Gasteiger partial charge in [0, 0.05) is 5.56 Å². The molecule has 0 spiro atoms. The standard InChI is InChI=1S/C9H7BrO4/c10-9(13)6-1-3-7(4-2-6)14-5-8(11)12/h1-4H,5H2,(H,11,12). The van der Waals surface area contributed by atoms with E-state index in [0.29, 0.717) is 11.3 Å². The summed E-state index contributed by atoms with van der Waals surface area (Å²) < 4.78 is 4.66. The zero-order chi connectivity index (χ0) is 10.6. The minimum atomic E-state index is -1.04. The smallest absolute Gasteiger partial charge is 0.341 e. The molecule has 0 aliphatic carbocycles. The van der Waals surface area contributed by atoms with Gasteiger partial charge < -0.3 is 9.84 Å². The average molecular weight is 259 g/mol. The van der Waals surface area contributed by atoms with Crippen molar-refractivity contribution in [3.63, 3.8) is 0 Å². The number of carbonyl (C=O) groups is 2. The fourth-order valence-electron chi connectivity index (χ4n) is 0.827. The Morgan fingerprint density at radius 3 is 2.29 bits per heavy atom. The first kappa shape index (κ1) is 10.7. The summed E-state index contributed by atoms with van der Waals surface area (Å²) in [4.78, 5) is 21.0. The second-order valence-corrected chi connectivity index (χ2v) is 3.20. The van der Waals surface area contributed by atoms with E-state index >= 15 is 0 Å². The zero-order valence-electron chi connectivity index (χ0n) is 7.07. The second kappa shape index (κ2) is 4.76. The lowest BCUT2D eigenvalue weighted by Crippen LogP contribution is -2.09. The van der Waals surface area contributed by atoms with Crippen molar-refractivity contribution in [3.05, 3.63) is 29.8 Å². The van der Waals surface area contributed by atoms with Gasteiger partial charge in [-0.3, -0.25) is 4.79 Å². The number of benzene rings is 1. The van der Waals surface area contributed by atoms with E-state index in [-0.39, 0.29) is 11.3 Å². The summed E-state index contributed by atoms with van der Waals surface area (Å²) in [7, 11) is 0. The van der Waals surface area contributed by atoms with Crippen molar-refractivity contribution in [2.45, 2.75) is 0 Å². The number of carbonyl (C=O) groups excluding carboxylic acids is 1. The molecule has 0 heterocycles. The minimum Gasteiger partial charge on any atom is -0.482 e. The van der Waals surface area contributed by atoms with E-state index in [4.69, 9.17) is 9.84 Å². The molecule has 1 N–H and O–H groups in total. The highest BCUT2D eigenvalue weighted by molar-refractivity contribution is 9.18. The summed E-state index contributed by atoms with van der Waals surface area (Å²) >= 11 is 2.80. The molecule has 1 rings (SSSR count). The van der Waals surface area contributed by atoms with Crippen molar-refractivity contribution >= 4 is 26.6 Å². The van der Waals surface area contributed by atoms with Gasteiger partial charge in [0.25, 0.3) is 0 Å². The monoisotopic (exact) mass is 258 g/mol. The van der Waals surface area contributed by atoms with Crippen LogP contribution in [-0.4, -0.2) is 22.4 Å². The van der Waals surface area contributed by atoms with Crippen molar-refractivity contribution in [2.24, 2.45) is 0 Å². The van der Waals surface area contributed by atoms with E-state index in [1.54, 1.807) is 12.1 Å². The zero-order valence-corrected chi connectivity index (χ0v) is 8.65. The van der Waals surface area contributed by atoms with Crippen molar-refractivity contribution in [1.82, 2.24) is 0 Å². The number of halogens is 1. The largest absolute Gasteiger partial charge is 0.482 e. The summed E-state index contributed by atoms with van der Waals surface area (Å²) in [6.07, 6.45) is 0. The lowest BCUT2D eigenvalue weighted by molar-refractivity contribution is -0.139. The number of carboxylic acids is 1. The van der Waals surface area contributed by atoms with Gasteiger partial charge in [0.1, 0.15) is 5.75 Å². The molecule has 1 aromatic rings. The fourth-order valence-corrected chi connectivity index (χ4v) is 1.09. The highest BCUT2D eigenvalue weighted by atomic mass is 79.9. The first-order valence-electron chi connectivity index (χ1n) is 3.74. The Balaban J connectivity index is 2.64. The molecule has 1 aromatic carbocycles. The third-order valence-electron chi connectivity index (χ3n) is 1.44. The molecule has 0 amide bonds. The minimum absolute atomic E-state index is 0.220. The molecule has 0 aromatic heterocycles. The molecule has 5 heteroatoms. The highest BCUT2D eigenvalue weighted by Crippen LogP contribution is 2.13. The molecule has 0 radical (unpaired) electrons. The lowest BCUT2D eigenvalue weighted by Gasteiger charge is -2.02. The molecule has 74 valence electrons. The third-order valence-corrected chi connectivity index (χ3v) is 1.90. The van der Waals surface area contributed by atoms with E-state index in [9.17, 15) is 9.59 Å². The van der Waals surface area contributed by atoms with Gasteiger partial charge in [-0.05, 0) is 40.2 Å². The number of carboxylic acid groups (broad SMARTS) is 1. The van der Waals surface area contributed by atoms with Gasteiger partial charge in [0.2, 0.25) is 4.69 Å². The van der Waals surface area contributed by atoms with E-state index in [2.05, 4.69) is 15.9 Å². The molecule has 0 aliphatic rings. The van der Waals surface area contributed by atoms with Crippen molar-refractivity contribution in [2.75, 3.05) is 6.61 Å². The Morgan fingerprint density at radius 1 is 1.29 bits per heavy atom. The van der Waals surface area contributed by atoms with Crippen molar-refractivity contribution in [1.29, 1.82) is 0 Å². The predicted molar refractivity (Wildman–Crippen MR) is 52.8 cm³/mol. The number of aliphatic carboxylic acids is 1. The van der Waals surface area contributed by atoms with Crippen LogP contribution in [0.25, 0.3) is 0 Å². The Bertz CT molecular complexity index is 344. The van der Waals surface area contributed by atoms with E-state index < -0.39 is 5.97 Å². The number of ether oxygens (including phenoxy) is 1. The van der Waals surface area contributed by atoms with Crippen LogP contribution >= 0.6 is 15.9 Å². The van der Waals surface area contributed by atoms with Crippen LogP contribution in [0.5, 0.6) is 5.75 Å². The molecule has 4 nitrogen and oxygen atoms in total. The van der Waals surface area contributed by atoms with Crippen molar-refractivity contribution in [3.8, 4) is 5.75 Å².